The van der Waals surface area contributed by atoms with Crippen LogP contribution in [0.2, 0.25) is 0 Å². The van der Waals surface area contributed by atoms with E-state index in [0.717, 1.165) is 16.3 Å². The summed E-state index contributed by atoms with van der Waals surface area (Å²) in [4.78, 5) is 28.2. The van der Waals surface area contributed by atoms with Gasteiger partial charge in [0.15, 0.2) is 4.34 Å². The molecule has 28 heavy (non-hydrogen) atoms. The number of thiazole rings is 1. The highest BCUT2D eigenvalue weighted by Crippen LogP contribution is 2.26. The van der Waals surface area contributed by atoms with Crippen LogP contribution in [0.3, 0.4) is 0 Å². The number of esters is 1. The topological polar surface area (TPSA) is 68.3 Å². The summed E-state index contributed by atoms with van der Waals surface area (Å²) < 4.78 is 5.72. The Morgan fingerprint density at radius 1 is 1.29 bits per heavy atom. The zero-order valence-corrected chi connectivity index (χ0v) is 18.0. The second-order valence-electron chi connectivity index (χ2n) is 6.90. The van der Waals surface area contributed by atoms with Crippen molar-refractivity contribution in [2.45, 2.75) is 56.3 Å². The SMILES string of the molecule is CCOC(=O)Cc1csc(SCC(=O)N[C@@H](C)c2ccc3c(c2)CCCC3)n1. The highest BCUT2D eigenvalue weighted by molar-refractivity contribution is 8.01. The third-order valence-corrected chi connectivity index (χ3v) is 6.81. The molecule has 1 amide bonds. The molecule has 0 saturated heterocycles. The van der Waals surface area contributed by atoms with Gasteiger partial charge in [-0.2, -0.15) is 0 Å². The van der Waals surface area contributed by atoms with Gasteiger partial charge in [0.25, 0.3) is 0 Å². The number of benzene rings is 1. The maximum atomic E-state index is 12.3. The van der Waals surface area contributed by atoms with E-state index in [1.807, 2.05) is 12.3 Å². The first-order chi connectivity index (χ1) is 13.5. The van der Waals surface area contributed by atoms with Crippen molar-refractivity contribution in [3.63, 3.8) is 0 Å². The minimum Gasteiger partial charge on any atom is -0.466 e. The molecule has 1 heterocycles. The number of amides is 1. The Morgan fingerprint density at radius 2 is 2.07 bits per heavy atom. The Balaban J connectivity index is 1.48. The van der Waals surface area contributed by atoms with Crippen LogP contribution in [0.4, 0.5) is 0 Å². The van der Waals surface area contributed by atoms with Crippen LogP contribution in [-0.4, -0.2) is 29.2 Å². The lowest BCUT2D eigenvalue weighted by molar-refractivity contribution is -0.142. The maximum absolute atomic E-state index is 12.3. The Kier molecular flexibility index (Phi) is 7.50. The summed E-state index contributed by atoms with van der Waals surface area (Å²) in [6, 6.07) is 6.57. The lowest BCUT2D eigenvalue weighted by atomic mass is 9.89. The minimum absolute atomic E-state index is 0.0163. The first-order valence-corrected chi connectivity index (χ1v) is 11.6. The number of hydrogen-bond acceptors (Lipinski definition) is 6. The molecule has 1 aliphatic rings. The Labute approximate surface area is 174 Å². The van der Waals surface area contributed by atoms with Gasteiger partial charge in [0.05, 0.1) is 30.5 Å². The molecule has 0 fully saturated rings. The number of hydrogen-bond donors (Lipinski definition) is 1. The van der Waals surface area contributed by atoms with Crippen molar-refractivity contribution >= 4 is 35.0 Å². The number of rotatable bonds is 8. The first-order valence-electron chi connectivity index (χ1n) is 9.69. The van der Waals surface area contributed by atoms with Gasteiger partial charge in [-0.05, 0) is 56.2 Å². The number of nitrogens with one attached hydrogen (secondary N) is 1. The van der Waals surface area contributed by atoms with Gasteiger partial charge in [-0.15, -0.1) is 11.3 Å². The highest BCUT2D eigenvalue weighted by Gasteiger charge is 2.15. The molecular weight excluding hydrogens is 392 g/mol. The smallest absolute Gasteiger partial charge is 0.311 e. The molecule has 7 heteroatoms. The fourth-order valence-corrected chi connectivity index (χ4v) is 4.97. The fraction of sp³-hybridized carbons (Fsp3) is 0.476. The number of fused-ring (bicyclic) bond motifs is 1. The van der Waals surface area contributed by atoms with Gasteiger partial charge >= 0.3 is 5.97 Å². The zero-order chi connectivity index (χ0) is 19.9. The molecule has 1 atom stereocenters. The molecule has 150 valence electrons. The molecule has 0 radical (unpaired) electrons. The summed E-state index contributed by atoms with van der Waals surface area (Å²) in [7, 11) is 0. The van der Waals surface area contributed by atoms with Crippen LogP contribution < -0.4 is 5.32 Å². The number of carbonyl (C=O) groups excluding carboxylic acids is 2. The van der Waals surface area contributed by atoms with Gasteiger partial charge in [0.2, 0.25) is 5.91 Å². The Bertz CT molecular complexity index is 835. The Hall–Kier alpha value is -1.86. The van der Waals surface area contributed by atoms with Crippen molar-refractivity contribution in [1.82, 2.24) is 10.3 Å². The van der Waals surface area contributed by atoms with Gasteiger partial charge in [0.1, 0.15) is 0 Å². The van der Waals surface area contributed by atoms with Crippen LogP contribution in [0.15, 0.2) is 27.9 Å². The van der Waals surface area contributed by atoms with Crippen LogP contribution in [0.5, 0.6) is 0 Å². The second-order valence-corrected chi connectivity index (χ2v) is 8.98. The maximum Gasteiger partial charge on any atom is 0.311 e. The van der Waals surface area contributed by atoms with E-state index >= 15 is 0 Å². The standard InChI is InChI=1S/C21H26N2O3S2/c1-3-26-20(25)11-18-12-27-21(23-18)28-13-19(24)22-14(2)16-9-8-15-6-4-5-7-17(15)10-16/h8-10,12,14H,3-7,11,13H2,1-2H3,(H,22,24)/t14-/m0/s1. The number of ether oxygens (including phenoxy) is 1. The lowest BCUT2D eigenvalue weighted by Gasteiger charge is -2.20. The first kappa shape index (κ1) is 20.9. The average Bonchev–Trinajstić information content (AvgIpc) is 3.13. The van der Waals surface area contributed by atoms with Gasteiger partial charge in [-0.1, -0.05) is 30.0 Å². The molecule has 1 aliphatic carbocycles. The molecule has 1 aromatic heterocycles. The largest absolute Gasteiger partial charge is 0.466 e. The van der Waals surface area contributed by atoms with E-state index in [4.69, 9.17) is 4.74 Å². The average molecular weight is 419 g/mol. The van der Waals surface area contributed by atoms with Crippen molar-refractivity contribution in [1.29, 1.82) is 0 Å². The van der Waals surface area contributed by atoms with Gasteiger partial charge < -0.3 is 10.1 Å². The van der Waals surface area contributed by atoms with Crippen molar-refractivity contribution < 1.29 is 14.3 Å². The third kappa shape index (κ3) is 5.82. The molecule has 5 nitrogen and oxygen atoms in total. The van der Waals surface area contributed by atoms with E-state index < -0.39 is 0 Å². The summed E-state index contributed by atoms with van der Waals surface area (Å²) in [5.74, 6) is 0.0140. The minimum atomic E-state index is -0.277. The van der Waals surface area contributed by atoms with Crippen molar-refractivity contribution in [2.75, 3.05) is 12.4 Å². The van der Waals surface area contributed by atoms with E-state index in [1.54, 1.807) is 6.92 Å². The molecule has 0 aliphatic heterocycles. The summed E-state index contributed by atoms with van der Waals surface area (Å²) in [6.45, 7) is 4.17. The van der Waals surface area contributed by atoms with E-state index in [0.29, 0.717) is 18.1 Å². The second kappa shape index (κ2) is 10.1. The number of aryl methyl sites for hydroxylation is 2. The predicted octanol–water partition coefficient (Wildman–Crippen LogP) is 4.10. The van der Waals surface area contributed by atoms with E-state index in [-0.39, 0.29) is 24.3 Å². The van der Waals surface area contributed by atoms with Gasteiger partial charge in [-0.3, -0.25) is 9.59 Å². The summed E-state index contributed by atoms with van der Waals surface area (Å²) >= 11 is 2.84. The summed E-state index contributed by atoms with van der Waals surface area (Å²) in [5.41, 5.74) is 4.72. The lowest BCUT2D eigenvalue weighted by Crippen LogP contribution is -2.28. The molecule has 2 aromatic rings. The zero-order valence-electron chi connectivity index (χ0n) is 16.3. The molecule has 3 rings (SSSR count). The third-order valence-electron chi connectivity index (χ3n) is 4.74. The number of carbonyl (C=O) groups is 2. The molecular formula is C21H26N2O3S2. The van der Waals surface area contributed by atoms with E-state index in [9.17, 15) is 9.59 Å². The van der Waals surface area contributed by atoms with Gasteiger partial charge in [-0.25, -0.2) is 4.98 Å². The summed E-state index contributed by atoms with van der Waals surface area (Å²) in [6.07, 6.45) is 5.00. The highest BCUT2D eigenvalue weighted by atomic mass is 32.2. The Morgan fingerprint density at radius 3 is 2.86 bits per heavy atom. The monoisotopic (exact) mass is 418 g/mol. The molecule has 1 aromatic carbocycles. The number of thioether (sulfide) groups is 1. The number of nitrogens with zero attached hydrogens (tertiary/aromatic N) is 1. The van der Waals surface area contributed by atoms with Crippen LogP contribution >= 0.6 is 23.1 Å². The van der Waals surface area contributed by atoms with Crippen LogP contribution in [0, 0.1) is 0 Å². The molecule has 0 saturated carbocycles. The van der Waals surface area contributed by atoms with Crippen LogP contribution in [-0.2, 0) is 33.6 Å². The molecule has 1 N–H and O–H groups in total. The normalized spacial score (nSPS) is 14.2. The van der Waals surface area contributed by atoms with E-state index in [1.165, 1.54) is 53.5 Å². The van der Waals surface area contributed by atoms with Crippen LogP contribution in [0.25, 0.3) is 0 Å². The van der Waals surface area contributed by atoms with Crippen molar-refractivity contribution in [2.24, 2.45) is 0 Å². The summed E-state index contributed by atoms with van der Waals surface area (Å²) in [5, 5.41) is 4.91. The molecule has 0 spiro atoms. The molecule has 0 bridgehead atoms. The molecule has 0 unspecified atom stereocenters. The van der Waals surface area contributed by atoms with Crippen LogP contribution in [0.1, 0.15) is 55.1 Å². The van der Waals surface area contributed by atoms with Crippen molar-refractivity contribution in [3.8, 4) is 0 Å². The predicted molar refractivity (Wildman–Crippen MR) is 113 cm³/mol. The number of aromatic nitrogens is 1. The quantitative estimate of drug-likeness (QED) is 0.516. The van der Waals surface area contributed by atoms with Crippen molar-refractivity contribution in [3.05, 3.63) is 46.0 Å². The fourth-order valence-electron chi connectivity index (χ4n) is 3.31. The van der Waals surface area contributed by atoms with E-state index in [2.05, 4.69) is 28.5 Å². The van der Waals surface area contributed by atoms with Gasteiger partial charge in [0, 0.05) is 5.38 Å².